The zero-order chi connectivity index (χ0) is 16.4. The van der Waals surface area contributed by atoms with Crippen LogP contribution in [0.3, 0.4) is 0 Å². The smallest absolute Gasteiger partial charge is 0.312 e. The Bertz CT molecular complexity index is 773. The molecule has 1 aliphatic heterocycles. The average molecular weight is 314 g/mol. The third-order valence-corrected chi connectivity index (χ3v) is 3.95. The molecule has 0 amide bonds. The third kappa shape index (κ3) is 2.91. The number of nitro groups is 1. The van der Waals surface area contributed by atoms with Crippen LogP contribution in [0.4, 0.5) is 17.4 Å². The highest BCUT2D eigenvalue weighted by atomic mass is 16.6. The Balaban J connectivity index is 1.75. The number of non-ortho nitro benzene ring substituents is 1. The fraction of sp³-hybridized carbons (Fsp3) is 0.357. The van der Waals surface area contributed by atoms with Crippen LogP contribution in [0.1, 0.15) is 30.2 Å². The van der Waals surface area contributed by atoms with Gasteiger partial charge in [0.05, 0.1) is 16.2 Å². The van der Waals surface area contributed by atoms with Crippen molar-refractivity contribution in [1.82, 2.24) is 10.2 Å². The van der Waals surface area contributed by atoms with Crippen LogP contribution >= 0.6 is 0 Å². The maximum Gasteiger partial charge on any atom is 0.312 e. The molecule has 0 radical (unpaired) electrons. The number of anilines is 2. The molecule has 0 spiro atoms. The molecule has 0 saturated carbocycles. The minimum absolute atomic E-state index is 0.0598. The molecule has 9 heteroatoms. The molecule has 23 heavy (non-hydrogen) atoms. The maximum atomic E-state index is 10.8. The van der Waals surface area contributed by atoms with Crippen LogP contribution in [0.2, 0.25) is 0 Å². The van der Waals surface area contributed by atoms with Gasteiger partial charge in [0.1, 0.15) is 6.07 Å². The first kappa shape index (κ1) is 14.8. The Hall–Kier alpha value is -3.15. The minimum Gasteiger partial charge on any atom is -0.408 e. The van der Waals surface area contributed by atoms with Crippen molar-refractivity contribution in [2.24, 2.45) is 0 Å². The number of nitriles is 1. The van der Waals surface area contributed by atoms with Gasteiger partial charge in [-0.05, 0) is 18.9 Å². The second-order valence-corrected chi connectivity index (χ2v) is 5.31. The van der Waals surface area contributed by atoms with Crippen molar-refractivity contribution < 1.29 is 9.34 Å². The maximum absolute atomic E-state index is 10.8. The number of rotatable bonds is 3. The van der Waals surface area contributed by atoms with Gasteiger partial charge in [-0.15, -0.1) is 5.10 Å². The Morgan fingerprint density at radius 3 is 2.70 bits per heavy atom. The summed E-state index contributed by atoms with van der Waals surface area (Å²) in [5.74, 6) is 0.672. The van der Waals surface area contributed by atoms with Gasteiger partial charge in [-0.2, -0.15) is 5.26 Å². The summed E-state index contributed by atoms with van der Waals surface area (Å²) in [6, 6.07) is 6.44. The number of nitrogens with two attached hydrogens (primary N) is 1. The molecular weight excluding hydrogens is 300 g/mol. The topological polar surface area (TPSA) is 135 Å². The van der Waals surface area contributed by atoms with Crippen LogP contribution in [0.25, 0.3) is 0 Å². The molecule has 0 bridgehead atoms. The highest BCUT2D eigenvalue weighted by Gasteiger charge is 2.26. The summed E-state index contributed by atoms with van der Waals surface area (Å²) in [5, 5.41) is 27.6. The molecule has 3 rings (SSSR count). The summed E-state index contributed by atoms with van der Waals surface area (Å²) in [5.41, 5.74) is 6.37. The molecule has 1 fully saturated rings. The molecule has 0 atom stereocenters. The van der Waals surface area contributed by atoms with Crippen LogP contribution in [0.15, 0.2) is 22.6 Å². The van der Waals surface area contributed by atoms with E-state index in [1.165, 1.54) is 12.1 Å². The van der Waals surface area contributed by atoms with Gasteiger partial charge >= 0.3 is 6.01 Å². The monoisotopic (exact) mass is 314 g/mol. The van der Waals surface area contributed by atoms with Crippen molar-refractivity contribution in [2.75, 3.05) is 23.7 Å². The van der Waals surface area contributed by atoms with Gasteiger partial charge in [-0.3, -0.25) is 10.1 Å². The van der Waals surface area contributed by atoms with E-state index in [2.05, 4.69) is 10.2 Å². The van der Waals surface area contributed by atoms with Crippen molar-refractivity contribution in [3.63, 3.8) is 0 Å². The van der Waals surface area contributed by atoms with Gasteiger partial charge in [0.2, 0.25) is 5.89 Å². The van der Waals surface area contributed by atoms with E-state index in [-0.39, 0.29) is 17.6 Å². The number of nitro benzene ring substituents is 1. The van der Waals surface area contributed by atoms with Gasteiger partial charge in [0.15, 0.2) is 0 Å². The van der Waals surface area contributed by atoms with Gasteiger partial charge in [-0.1, -0.05) is 5.10 Å². The van der Waals surface area contributed by atoms with E-state index in [1.807, 2.05) is 11.0 Å². The van der Waals surface area contributed by atoms with E-state index < -0.39 is 4.92 Å². The van der Waals surface area contributed by atoms with E-state index in [9.17, 15) is 15.4 Å². The summed E-state index contributed by atoms with van der Waals surface area (Å²) in [7, 11) is 0. The Labute approximate surface area is 131 Å². The molecule has 0 unspecified atom stereocenters. The summed E-state index contributed by atoms with van der Waals surface area (Å²) in [6.07, 6.45) is 1.56. The number of nitrogen functional groups attached to an aromatic ring is 1. The van der Waals surface area contributed by atoms with E-state index in [0.29, 0.717) is 30.2 Å². The molecule has 118 valence electrons. The number of nitrogens with zero attached hydrogens (tertiary/aromatic N) is 5. The van der Waals surface area contributed by atoms with Crippen LogP contribution in [0.5, 0.6) is 0 Å². The average Bonchev–Trinajstić information content (AvgIpc) is 3.01. The van der Waals surface area contributed by atoms with E-state index in [0.717, 1.165) is 12.8 Å². The quantitative estimate of drug-likeness (QED) is 0.669. The number of aromatic nitrogens is 2. The molecule has 1 aliphatic rings. The van der Waals surface area contributed by atoms with E-state index in [4.69, 9.17) is 10.2 Å². The normalized spacial score (nSPS) is 15.3. The second-order valence-electron chi connectivity index (χ2n) is 5.31. The van der Waals surface area contributed by atoms with Crippen molar-refractivity contribution in [3.8, 4) is 6.07 Å². The molecular formula is C14H14N6O3. The molecule has 2 heterocycles. The first-order valence-corrected chi connectivity index (χ1v) is 7.11. The SMILES string of the molecule is N#Cc1cc([N+](=O)[O-])ccc1N1CCC(c2nnc(N)o2)CC1. The zero-order valence-corrected chi connectivity index (χ0v) is 12.2. The van der Waals surface area contributed by atoms with Crippen LogP contribution in [-0.2, 0) is 0 Å². The fourth-order valence-electron chi connectivity index (χ4n) is 2.78. The first-order valence-electron chi connectivity index (χ1n) is 7.11. The second kappa shape index (κ2) is 5.92. The van der Waals surface area contributed by atoms with Gasteiger partial charge < -0.3 is 15.1 Å². The third-order valence-electron chi connectivity index (χ3n) is 3.95. The molecule has 2 N–H and O–H groups in total. The largest absolute Gasteiger partial charge is 0.408 e. The number of benzene rings is 1. The zero-order valence-electron chi connectivity index (χ0n) is 12.2. The Kier molecular flexibility index (Phi) is 3.80. The lowest BCUT2D eigenvalue weighted by Crippen LogP contribution is -2.33. The summed E-state index contributed by atoms with van der Waals surface area (Å²) in [4.78, 5) is 12.3. The highest BCUT2D eigenvalue weighted by molar-refractivity contribution is 5.63. The number of piperidine rings is 1. The molecule has 2 aromatic rings. The summed E-state index contributed by atoms with van der Waals surface area (Å²) in [6.45, 7) is 1.39. The lowest BCUT2D eigenvalue weighted by Gasteiger charge is -2.32. The number of hydrogen-bond acceptors (Lipinski definition) is 8. The van der Waals surface area contributed by atoms with E-state index >= 15 is 0 Å². The fourth-order valence-corrected chi connectivity index (χ4v) is 2.78. The summed E-state index contributed by atoms with van der Waals surface area (Å²) >= 11 is 0. The number of hydrogen-bond donors (Lipinski definition) is 1. The van der Waals surface area contributed by atoms with Crippen molar-refractivity contribution in [2.45, 2.75) is 18.8 Å². The van der Waals surface area contributed by atoms with E-state index in [1.54, 1.807) is 6.07 Å². The Morgan fingerprint density at radius 1 is 1.39 bits per heavy atom. The van der Waals surface area contributed by atoms with Crippen LogP contribution < -0.4 is 10.6 Å². The standard InChI is InChI=1S/C14H14N6O3/c15-8-10-7-11(20(21)22)1-2-12(10)19-5-3-9(4-6-19)13-17-18-14(16)23-13/h1-2,7,9H,3-6H2,(H2,16,18). The van der Waals surface area contributed by atoms with Gasteiger partial charge in [0.25, 0.3) is 5.69 Å². The van der Waals surface area contributed by atoms with Crippen molar-refractivity contribution in [3.05, 3.63) is 39.8 Å². The molecule has 1 saturated heterocycles. The minimum atomic E-state index is -0.503. The van der Waals surface area contributed by atoms with Crippen molar-refractivity contribution >= 4 is 17.4 Å². The molecule has 1 aromatic heterocycles. The first-order chi connectivity index (χ1) is 11.1. The van der Waals surface area contributed by atoms with Crippen LogP contribution in [-0.4, -0.2) is 28.2 Å². The predicted octanol–water partition coefficient (Wildman–Crippen LogP) is 1.82. The molecule has 0 aliphatic carbocycles. The van der Waals surface area contributed by atoms with Gasteiger partial charge in [0, 0.05) is 31.1 Å². The lowest BCUT2D eigenvalue weighted by molar-refractivity contribution is -0.384. The van der Waals surface area contributed by atoms with Crippen molar-refractivity contribution in [1.29, 1.82) is 5.26 Å². The highest BCUT2D eigenvalue weighted by Crippen LogP contribution is 2.32. The lowest BCUT2D eigenvalue weighted by atomic mass is 9.96. The predicted molar refractivity (Wildman–Crippen MR) is 80.7 cm³/mol. The molecule has 9 nitrogen and oxygen atoms in total. The van der Waals surface area contributed by atoms with Crippen LogP contribution in [0, 0.1) is 21.4 Å². The molecule has 1 aromatic carbocycles. The van der Waals surface area contributed by atoms with Gasteiger partial charge in [-0.25, -0.2) is 0 Å². The Morgan fingerprint density at radius 2 is 2.13 bits per heavy atom. The summed E-state index contributed by atoms with van der Waals surface area (Å²) < 4.78 is 5.26.